The van der Waals surface area contributed by atoms with Gasteiger partial charge in [-0.15, -0.1) is 0 Å². The fourth-order valence-electron chi connectivity index (χ4n) is 2.47. The summed E-state index contributed by atoms with van der Waals surface area (Å²) in [6.45, 7) is 1.85. The van der Waals surface area contributed by atoms with E-state index >= 15 is 0 Å². The maximum atomic E-state index is 11.6. The van der Waals surface area contributed by atoms with E-state index in [2.05, 4.69) is 17.0 Å². The van der Waals surface area contributed by atoms with Crippen molar-refractivity contribution in [1.29, 1.82) is 0 Å². The Kier molecular flexibility index (Phi) is 4.56. The molecule has 4 heteroatoms. The second-order valence-electron chi connectivity index (χ2n) is 5.19. The van der Waals surface area contributed by atoms with E-state index in [9.17, 15) is 4.79 Å². The zero-order chi connectivity index (χ0) is 13.8. The van der Waals surface area contributed by atoms with Gasteiger partial charge in [0.1, 0.15) is 0 Å². The summed E-state index contributed by atoms with van der Waals surface area (Å²) in [7, 11) is 3.86. The van der Waals surface area contributed by atoms with Crippen molar-refractivity contribution in [3.05, 3.63) is 29.3 Å². The van der Waals surface area contributed by atoms with Crippen LogP contribution in [0.25, 0.3) is 0 Å². The number of benzene rings is 1. The third kappa shape index (κ3) is 3.33. The van der Waals surface area contributed by atoms with Crippen LogP contribution in [0.1, 0.15) is 17.5 Å². The van der Waals surface area contributed by atoms with Crippen LogP contribution < -0.4 is 4.90 Å². The molecule has 1 aliphatic rings. The number of anilines is 1. The molecule has 1 aromatic rings. The van der Waals surface area contributed by atoms with E-state index in [1.54, 1.807) is 4.90 Å². The quantitative estimate of drug-likeness (QED) is 0.863. The van der Waals surface area contributed by atoms with E-state index in [1.807, 2.05) is 20.2 Å². The molecule has 0 radical (unpaired) electrons. The van der Waals surface area contributed by atoms with Gasteiger partial charge in [0.15, 0.2) is 0 Å². The zero-order valence-electron chi connectivity index (χ0n) is 11.7. The van der Waals surface area contributed by atoms with Gasteiger partial charge in [-0.25, -0.2) is 0 Å². The molecule has 4 nitrogen and oxygen atoms in total. The number of nitrogens with zero attached hydrogens (tertiary/aromatic N) is 2. The number of aliphatic hydroxyl groups is 1. The van der Waals surface area contributed by atoms with Crippen molar-refractivity contribution in [1.82, 2.24) is 4.90 Å². The summed E-state index contributed by atoms with van der Waals surface area (Å²) in [4.78, 5) is 15.5. The molecule has 1 N–H and O–H groups in total. The number of rotatable bonds is 5. The summed E-state index contributed by atoms with van der Waals surface area (Å²) in [6, 6.07) is 6.36. The first kappa shape index (κ1) is 14.0. The van der Waals surface area contributed by atoms with Crippen molar-refractivity contribution in [2.75, 3.05) is 38.7 Å². The lowest BCUT2D eigenvalue weighted by Gasteiger charge is -2.26. The van der Waals surface area contributed by atoms with Gasteiger partial charge in [0, 0.05) is 32.2 Å². The molecule has 1 aliphatic heterocycles. The second kappa shape index (κ2) is 6.17. The second-order valence-corrected chi connectivity index (χ2v) is 5.19. The summed E-state index contributed by atoms with van der Waals surface area (Å²) >= 11 is 0. The van der Waals surface area contributed by atoms with Gasteiger partial charge >= 0.3 is 0 Å². The van der Waals surface area contributed by atoms with Gasteiger partial charge in [0.25, 0.3) is 0 Å². The molecule has 0 aliphatic carbocycles. The maximum absolute atomic E-state index is 11.6. The largest absolute Gasteiger partial charge is 0.395 e. The number of hydrogen-bond acceptors (Lipinski definition) is 3. The Morgan fingerprint density at radius 1 is 1.32 bits per heavy atom. The minimum Gasteiger partial charge on any atom is -0.395 e. The molecule has 0 saturated heterocycles. The van der Waals surface area contributed by atoms with Crippen molar-refractivity contribution >= 4 is 11.6 Å². The molecule has 1 aromatic carbocycles. The highest BCUT2D eigenvalue weighted by Crippen LogP contribution is 2.27. The summed E-state index contributed by atoms with van der Waals surface area (Å²) in [5.41, 5.74) is 3.61. The number of amides is 1. The van der Waals surface area contributed by atoms with E-state index in [4.69, 9.17) is 5.11 Å². The molecular formula is C15H22N2O2. The van der Waals surface area contributed by atoms with Crippen molar-refractivity contribution < 1.29 is 9.90 Å². The monoisotopic (exact) mass is 262 g/mol. The van der Waals surface area contributed by atoms with E-state index in [0.29, 0.717) is 13.0 Å². The Morgan fingerprint density at radius 3 is 2.84 bits per heavy atom. The molecule has 0 saturated carbocycles. The summed E-state index contributed by atoms with van der Waals surface area (Å²) in [5, 5.41) is 8.87. The number of carbonyl (C=O) groups is 1. The van der Waals surface area contributed by atoms with Crippen LogP contribution in [-0.4, -0.2) is 49.7 Å². The van der Waals surface area contributed by atoms with Gasteiger partial charge in [-0.05, 0) is 37.1 Å². The predicted octanol–water partition coefficient (Wildman–Crippen LogP) is 1.06. The summed E-state index contributed by atoms with van der Waals surface area (Å²) in [5.74, 6) is 0.197. The molecule has 1 heterocycles. The van der Waals surface area contributed by atoms with E-state index in [0.717, 1.165) is 25.1 Å². The van der Waals surface area contributed by atoms with Gasteiger partial charge in [-0.3, -0.25) is 4.79 Å². The van der Waals surface area contributed by atoms with E-state index in [-0.39, 0.29) is 12.5 Å². The first-order chi connectivity index (χ1) is 9.11. The average molecular weight is 262 g/mol. The highest BCUT2D eigenvalue weighted by atomic mass is 16.3. The first-order valence-corrected chi connectivity index (χ1v) is 6.79. The van der Waals surface area contributed by atoms with Gasteiger partial charge in [-0.2, -0.15) is 0 Å². The Labute approximate surface area is 114 Å². The Balaban J connectivity index is 2.03. The van der Waals surface area contributed by atoms with Crippen molar-refractivity contribution in [3.8, 4) is 0 Å². The summed E-state index contributed by atoms with van der Waals surface area (Å²) in [6.07, 6.45) is 2.43. The van der Waals surface area contributed by atoms with Crippen LogP contribution >= 0.6 is 0 Å². The van der Waals surface area contributed by atoms with Crippen LogP contribution in [0.5, 0.6) is 0 Å². The Hall–Kier alpha value is -1.39. The predicted molar refractivity (Wildman–Crippen MR) is 76.5 cm³/mol. The topological polar surface area (TPSA) is 43.8 Å². The zero-order valence-corrected chi connectivity index (χ0v) is 11.7. The molecule has 19 heavy (non-hydrogen) atoms. The number of likely N-dealkylation sites (N-methyl/N-ethyl adjacent to an activating group) is 1. The van der Waals surface area contributed by atoms with Gasteiger partial charge in [0.2, 0.25) is 5.91 Å². The van der Waals surface area contributed by atoms with Gasteiger partial charge in [-0.1, -0.05) is 12.1 Å². The number of aryl methyl sites for hydroxylation is 1. The third-order valence-corrected chi connectivity index (χ3v) is 3.75. The van der Waals surface area contributed by atoms with Crippen LogP contribution in [0.4, 0.5) is 5.69 Å². The molecule has 0 bridgehead atoms. The standard InChI is InChI=1S/C15H22N2O2/c1-16(9-10-18)8-7-12-3-5-14-13(11-12)4-6-15(19)17(14)2/h3,5,11,18H,4,6-10H2,1-2H3. The van der Waals surface area contributed by atoms with Crippen LogP contribution in [0.2, 0.25) is 0 Å². The maximum Gasteiger partial charge on any atom is 0.227 e. The fourth-order valence-corrected chi connectivity index (χ4v) is 2.47. The average Bonchev–Trinajstić information content (AvgIpc) is 2.41. The lowest BCUT2D eigenvalue weighted by atomic mass is 9.98. The van der Waals surface area contributed by atoms with Crippen molar-refractivity contribution in [3.63, 3.8) is 0 Å². The van der Waals surface area contributed by atoms with Crippen LogP contribution in [0, 0.1) is 0 Å². The molecule has 1 amide bonds. The van der Waals surface area contributed by atoms with E-state index < -0.39 is 0 Å². The number of carbonyl (C=O) groups excluding carboxylic acids is 1. The van der Waals surface area contributed by atoms with Gasteiger partial charge < -0.3 is 14.9 Å². The molecule has 0 fully saturated rings. The normalized spacial score (nSPS) is 14.9. The first-order valence-electron chi connectivity index (χ1n) is 6.79. The smallest absolute Gasteiger partial charge is 0.227 e. The van der Waals surface area contributed by atoms with Gasteiger partial charge in [0.05, 0.1) is 6.61 Å². The molecule has 0 atom stereocenters. The third-order valence-electron chi connectivity index (χ3n) is 3.75. The lowest BCUT2D eigenvalue weighted by molar-refractivity contribution is -0.118. The summed E-state index contributed by atoms with van der Waals surface area (Å²) < 4.78 is 0. The highest BCUT2D eigenvalue weighted by Gasteiger charge is 2.20. The number of aliphatic hydroxyl groups excluding tert-OH is 1. The van der Waals surface area contributed by atoms with Crippen LogP contribution in [-0.2, 0) is 17.6 Å². The van der Waals surface area contributed by atoms with Crippen LogP contribution in [0.15, 0.2) is 18.2 Å². The molecular weight excluding hydrogens is 240 g/mol. The molecule has 0 spiro atoms. The fraction of sp³-hybridized carbons (Fsp3) is 0.533. The van der Waals surface area contributed by atoms with Crippen LogP contribution in [0.3, 0.4) is 0 Å². The number of fused-ring (bicyclic) bond motifs is 1. The van der Waals surface area contributed by atoms with Crippen molar-refractivity contribution in [2.24, 2.45) is 0 Å². The molecule has 104 valence electrons. The van der Waals surface area contributed by atoms with E-state index in [1.165, 1.54) is 11.1 Å². The Morgan fingerprint density at radius 2 is 2.11 bits per heavy atom. The minimum atomic E-state index is 0.197. The van der Waals surface area contributed by atoms with Crippen molar-refractivity contribution in [2.45, 2.75) is 19.3 Å². The minimum absolute atomic E-state index is 0.197. The Bertz CT molecular complexity index is 459. The lowest BCUT2D eigenvalue weighted by Crippen LogP contribution is -2.31. The highest BCUT2D eigenvalue weighted by molar-refractivity contribution is 5.95. The molecule has 0 unspecified atom stereocenters. The SMILES string of the molecule is CN(CCO)CCc1ccc2c(c1)CCC(=O)N2C. The molecule has 2 rings (SSSR count). The number of hydrogen-bond donors (Lipinski definition) is 1. The molecule has 0 aromatic heterocycles.